The molecule has 1 aliphatic rings. The van der Waals surface area contributed by atoms with Gasteiger partial charge in [0.15, 0.2) is 0 Å². The summed E-state index contributed by atoms with van der Waals surface area (Å²) >= 11 is 0.929. The first-order valence-electron chi connectivity index (χ1n) is 9.28. The summed E-state index contributed by atoms with van der Waals surface area (Å²) in [5.41, 5.74) is 2.29. The van der Waals surface area contributed by atoms with Gasteiger partial charge in [0.25, 0.3) is 17.1 Å². The Morgan fingerprint density at radius 2 is 1.76 bits per heavy atom. The fourth-order valence-electron chi connectivity index (χ4n) is 2.89. The number of hydrogen-bond donors (Lipinski definition) is 2. The van der Waals surface area contributed by atoms with Gasteiger partial charge in [0.2, 0.25) is 0 Å². The first-order valence-corrected chi connectivity index (χ1v) is 10.1. The molecule has 2 N–H and O–H groups in total. The van der Waals surface area contributed by atoms with Gasteiger partial charge in [-0.15, -0.1) is 0 Å². The third-order valence-corrected chi connectivity index (χ3v) is 5.33. The minimum absolute atomic E-state index is 0.180. The van der Waals surface area contributed by atoms with Crippen LogP contribution in [-0.4, -0.2) is 39.6 Å². The van der Waals surface area contributed by atoms with E-state index in [-0.39, 0.29) is 28.8 Å². The van der Waals surface area contributed by atoms with Crippen molar-refractivity contribution in [2.75, 3.05) is 6.54 Å². The Bertz CT molecular complexity index is 950. The van der Waals surface area contributed by atoms with E-state index in [9.17, 15) is 19.5 Å². The standard InChI is InChI=1S/C22H22N2O4S/c1-14(2)24-21(27)19(29-22(24)28)13-16-3-7-17(8-4-16)20(26)23-12-11-15-5-9-18(25)10-6-15/h3-10,13-14,25H,11-12H2,1-2H3,(H,23,26). The Morgan fingerprint density at radius 3 is 2.34 bits per heavy atom. The molecule has 6 nitrogen and oxygen atoms in total. The zero-order valence-electron chi connectivity index (χ0n) is 16.2. The van der Waals surface area contributed by atoms with Crippen LogP contribution in [0.2, 0.25) is 0 Å². The van der Waals surface area contributed by atoms with Gasteiger partial charge in [0.1, 0.15) is 5.75 Å². The van der Waals surface area contributed by atoms with E-state index in [4.69, 9.17) is 0 Å². The van der Waals surface area contributed by atoms with Gasteiger partial charge < -0.3 is 10.4 Å². The summed E-state index contributed by atoms with van der Waals surface area (Å²) < 4.78 is 0. The lowest BCUT2D eigenvalue weighted by molar-refractivity contribution is -0.123. The molecule has 1 aliphatic heterocycles. The number of benzene rings is 2. The van der Waals surface area contributed by atoms with Gasteiger partial charge in [-0.05, 0) is 73.5 Å². The summed E-state index contributed by atoms with van der Waals surface area (Å²) in [4.78, 5) is 38.2. The number of nitrogens with zero attached hydrogens (tertiary/aromatic N) is 1. The SMILES string of the molecule is CC(C)N1C(=O)SC(=Cc2ccc(C(=O)NCCc3ccc(O)cc3)cc2)C1=O. The lowest BCUT2D eigenvalue weighted by Crippen LogP contribution is -2.34. The molecule has 0 aliphatic carbocycles. The molecule has 0 radical (unpaired) electrons. The first kappa shape index (κ1) is 20.7. The third kappa shape index (κ3) is 5.06. The first-order chi connectivity index (χ1) is 13.8. The molecule has 0 atom stereocenters. The molecule has 1 fully saturated rings. The second-order valence-corrected chi connectivity index (χ2v) is 7.93. The maximum absolute atomic E-state index is 12.3. The molecule has 150 valence electrons. The number of aromatic hydroxyl groups is 1. The third-order valence-electron chi connectivity index (χ3n) is 4.45. The van der Waals surface area contributed by atoms with Crippen LogP contribution in [0, 0.1) is 0 Å². The number of carbonyl (C=O) groups is 3. The Kier molecular flexibility index (Phi) is 6.39. The van der Waals surface area contributed by atoms with E-state index in [0.29, 0.717) is 23.4 Å². The summed E-state index contributed by atoms with van der Waals surface area (Å²) in [6.45, 7) is 4.08. The molecule has 0 aromatic heterocycles. The van der Waals surface area contributed by atoms with Crippen molar-refractivity contribution in [3.05, 3.63) is 70.1 Å². The zero-order chi connectivity index (χ0) is 21.0. The van der Waals surface area contributed by atoms with Gasteiger partial charge in [-0.2, -0.15) is 0 Å². The van der Waals surface area contributed by atoms with E-state index in [0.717, 1.165) is 22.9 Å². The van der Waals surface area contributed by atoms with Crippen molar-refractivity contribution in [3.8, 4) is 5.75 Å². The van der Waals surface area contributed by atoms with Crippen molar-refractivity contribution in [2.45, 2.75) is 26.3 Å². The Hall–Kier alpha value is -3.06. The van der Waals surface area contributed by atoms with Crippen LogP contribution in [0.25, 0.3) is 6.08 Å². The van der Waals surface area contributed by atoms with Crippen LogP contribution in [0.3, 0.4) is 0 Å². The molecule has 7 heteroatoms. The Balaban J connectivity index is 1.58. The lowest BCUT2D eigenvalue weighted by atomic mass is 10.1. The van der Waals surface area contributed by atoms with Gasteiger partial charge in [-0.1, -0.05) is 24.3 Å². The number of phenols is 1. The Morgan fingerprint density at radius 1 is 1.10 bits per heavy atom. The Labute approximate surface area is 173 Å². The number of phenolic OH excluding ortho intramolecular Hbond substituents is 1. The highest BCUT2D eigenvalue weighted by Crippen LogP contribution is 2.33. The van der Waals surface area contributed by atoms with Crippen LogP contribution in [-0.2, 0) is 11.2 Å². The average Bonchev–Trinajstić information content (AvgIpc) is 2.97. The van der Waals surface area contributed by atoms with Gasteiger partial charge in [0.05, 0.1) is 4.91 Å². The van der Waals surface area contributed by atoms with E-state index >= 15 is 0 Å². The summed E-state index contributed by atoms with van der Waals surface area (Å²) in [6, 6.07) is 13.6. The number of rotatable bonds is 6. The highest BCUT2D eigenvalue weighted by molar-refractivity contribution is 8.18. The van der Waals surface area contributed by atoms with Gasteiger partial charge in [0, 0.05) is 18.2 Å². The second kappa shape index (κ2) is 8.96. The van der Waals surface area contributed by atoms with Gasteiger partial charge in [-0.3, -0.25) is 19.3 Å². The largest absolute Gasteiger partial charge is 0.508 e. The minimum atomic E-state index is -0.286. The normalized spacial score (nSPS) is 15.4. The molecule has 1 heterocycles. The summed E-state index contributed by atoms with van der Waals surface area (Å²) in [7, 11) is 0. The van der Waals surface area contributed by atoms with Crippen LogP contribution in [0.15, 0.2) is 53.4 Å². The topological polar surface area (TPSA) is 86.7 Å². The van der Waals surface area contributed by atoms with E-state index < -0.39 is 0 Å². The summed E-state index contributed by atoms with van der Waals surface area (Å²) in [5, 5.41) is 11.9. The minimum Gasteiger partial charge on any atom is -0.508 e. The molecule has 0 spiro atoms. The van der Waals surface area contributed by atoms with Crippen molar-refractivity contribution < 1.29 is 19.5 Å². The van der Waals surface area contributed by atoms with Crippen molar-refractivity contribution in [1.82, 2.24) is 10.2 Å². The van der Waals surface area contributed by atoms with Crippen molar-refractivity contribution >= 4 is 34.9 Å². The van der Waals surface area contributed by atoms with E-state index in [2.05, 4.69) is 5.32 Å². The highest BCUT2D eigenvalue weighted by Gasteiger charge is 2.36. The molecule has 2 aromatic rings. The van der Waals surface area contributed by atoms with Crippen LogP contribution in [0.4, 0.5) is 4.79 Å². The molecule has 3 rings (SSSR count). The number of hydrogen-bond acceptors (Lipinski definition) is 5. The number of amides is 3. The highest BCUT2D eigenvalue weighted by atomic mass is 32.2. The molecule has 0 unspecified atom stereocenters. The van der Waals surface area contributed by atoms with Gasteiger partial charge in [-0.25, -0.2) is 0 Å². The molecule has 0 bridgehead atoms. The van der Waals surface area contributed by atoms with Gasteiger partial charge >= 0.3 is 0 Å². The average molecular weight is 410 g/mol. The number of thioether (sulfide) groups is 1. The van der Waals surface area contributed by atoms with Crippen LogP contribution in [0.1, 0.15) is 35.3 Å². The predicted octanol–water partition coefficient (Wildman–Crippen LogP) is 3.81. The smallest absolute Gasteiger partial charge is 0.293 e. The molecular formula is C22H22N2O4S. The van der Waals surface area contributed by atoms with E-state index in [1.54, 1.807) is 56.3 Å². The number of imide groups is 1. The quantitative estimate of drug-likeness (QED) is 0.707. The fraction of sp³-hybridized carbons (Fsp3) is 0.227. The van der Waals surface area contributed by atoms with Crippen LogP contribution in [0.5, 0.6) is 5.75 Å². The number of carbonyl (C=O) groups excluding carboxylic acids is 3. The summed E-state index contributed by atoms with van der Waals surface area (Å²) in [6.07, 6.45) is 2.33. The predicted molar refractivity (Wildman–Crippen MR) is 114 cm³/mol. The van der Waals surface area contributed by atoms with Crippen LogP contribution >= 0.6 is 11.8 Å². The second-order valence-electron chi connectivity index (χ2n) is 6.94. The van der Waals surface area contributed by atoms with Crippen LogP contribution < -0.4 is 5.32 Å². The van der Waals surface area contributed by atoms with E-state index in [1.807, 2.05) is 12.1 Å². The maximum Gasteiger partial charge on any atom is 0.293 e. The number of nitrogens with one attached hydrogen (secondary N) is 1. The molecule has 1 saturated heterocycles. The zero-order valence-corrected chi connectivity index (χ0v) is 17.0. The molecule has 29 heavy (non-hydrogen) atoms. The lowest BCUT2D eigenvalue weighted by Gasteiger charge is -2.16. The van der Waals surface area contributed by atoms with Crippen molar-refractivity contribution in [3.63, 3.8) is 0 Å². The molecule has 3 amide bonds. The van der Waals surface area contributed by atoms with Crippen molar-refractivity contribution in [2.24, 2.45) is 0 Å². The summed E-state index contributed by atoms with van der Waals surface area (Å²) in [5.74, 6) is -0.256. The van der Waals surface area contributed by atoms with E-state index in [1.165, 1.54) is 4.90 Å². The molecule has 2 aromatic carbocycles. The maximum atomic E-state index is 12.3. The van der Waals surface area contributed by atoms with Crippen molar-refractivity contribution in [1.29, 1.82) is 0 Å². The fourth-order valence-corrected chi connectivity index (χ4v) is 3.85. The molecular weight excluding hydrogens is 388 g/mol. The molecule has 0 saturated carbocycles. The monoisotopic (exact) mass is 410 g/mol.